The Hall–Kier alpha value is -0.590. The van der Waals surface area contributed by atoms with Crippen molar-refractivity contribution in [2.45, 2.75) is 39.2 Å². The quantitative estimate of drug-likeness (QED) is 0.747. The maximum Gasteiger partial charge on any atom is 0.0635 e. The first-order valence-electron chi connectivity index (χ1n) is 6.05. The average Bonchev–Trinajstić information content (AvgIpc) is 2.25. The van der Waals surface area contributed by atoms with Gasteiger partial charge in [0.25, 0.3) is 0 Å². The van der Waals surface area contributed by atoms with Gasteiger partial charge in [-0.15, -0.1) is 0 Å². The summed E-state index contributed by atoms with van der Waals surface area (Å²) in [5.41, 5.74) is 0. The fourth-order valence-electron chi connectivity index (χ4n) is 2.26. The van der Waals surface area contributed by atoms with E-state index in [0.29, 0.717) is 18.4 Å². The highest BCUT2D eigenvalue weighted by molar-refractivity contribution is 4.81. The van der Waals surface area contributed by atoms with Crippen molar-refractivity contribution in [2.24, 2.45) is 5.92 Å². The molecule has 0 aromatic rings. The molecule has 0 atom stereocenters. The predicted molar refractivity (Wildman–Crippen MR) is 62.5 cm³/mol. The fraction of sp³-hybridized carbons (Fsp3) is 0.917. The zero-order valence-corrected chi connectivity index (χ0v) is 10.00. The summed E-state index contributed by atoms with van der Waals surface area (Å²) in [5.74, 6) is 0.693. The highest BCUT2D eigenvalue weighted by atomic mass is 15.2. The van der Waals surface area contributed by atoms with Gasteiger partial charge in [0.1, 0.15) is 0 Å². The minimum atomic E-state index is 0.663. The van der Waals surface area contributed by atoms with Gasteiger partial charge in [-0.2, -0.15) is 5.26 Å². The number of nitrogens with zero attached hydrogens (tertiary/aromatic N) is 2. The molecule has 0 amide bonds. The molecule has 15 heavy (non-hydrogen) atoms. The van der Waals surface area contributed by atoms with Crippen LogP contribution in [-0.2, 0) is 0 Å². The molecule has 1 saturated heterocycles. The van der Waals surface area contributed by atoms with Gasteiger partial charge in [-0.1, -0.05) is 13.8 Å². The van der Waals surface area contributed by atoms with Crippen LogP contribution < -0.4 is 5.32 Å². The third-order valence-corrected chi connectivity index (χ3v) is 2.94. The third kappa shape index (κ3) is 4.63. The molecular weight excluding hydrogens is 186 g/mol. The Kier molecular flexibility index (Phi) is 5.67. The summed E-state index contributed by atoms with van der Waals surface area (Å²) in [5, 5.41) is 12.0. The molecule has 0 aromatic carbocycles. The van der Waals surface area contributed by atoms with Crippen molar-refractivity contribution < 1.29 is 0 Å². The normalized spacial score (nSPS) is 18.3. The number of nitrogens with one attached hydrogen (secondary N) is 1. The summed E-state index contributed by atoms with van der Waals surface area (Å²) in [4.78, 5) is 2.51. The highest BCUT2D eigenvalue weighted by Gasteiger charge is 2.20. The number of hydrogen-bond acceptors (Lipinski definition) is 3. The number of hydrogen-bond donors (Lipinski definition) is 1. The van der Waals surface area contributed by atoms with Gasteiger partial charge in [0.2, 0.25) is 0 Å². The summed E-state index contributed by atoms with van der Waals surface area (Å²) < 4.78 is 0. The monoisotopic (exact) mass is 209 g/mol. The van der Waals surface area contributed by atoms with Gasteiger partial charge in [-0.05, 0) is 31.8 Å². The molecule has 1 aliphatic heterocycles. The van der Waals surface area contributed by atoms with Gasteiger partial charge in [0.15, 0.2) is 0 Å². The molecule has 3 nitrogen and oxygen atoms in total. The van der Waals surface area contributed by atoms with E-state index in [2.05, 4.69) is 30.1 Å². The second-order valence-electron chi connectivity index (χ2n) is 4.78. The van der Waals surface area contributed by atoms with Gasteiger partial charge in [0.05, 0.1) is 6.07 Å². The summed E-state index contributed by atoms with van der Waals surface area (Å²) in [6, 6.07) is 2.95. The van der Waals surface area contributed by atoms with Crippen molar-refractivity contribution in [3.05, 3.63) is 0 Å². The lowest BCUT2D eigenvalue weighted by Crippen LogP contribution is -2.44. The Morgan fingerprint density at radius 1 is 1.40 bits per heavy atom. The van der Waals surface area contributed by atoms with E-state index in [1.807, 2.05) is 0 Å². The standard InChI is InChI=1S/C12H23N3/c1-11(2)10-15(9-3-6-13)12-4-7-14-8-5-12/h11-12,14H,3-5,7-10H2,1-2H3. The van der Waals surface area contributed by atoms with Crippen LogP contribution in [0.25, 0.3) is 0 Å². The second-order valence-corrected chi connectivity index (χ2v) is 4.78. The topological polar surface area (TPSA) is 39.1 Å². The number of rotatable bonds is 5. The van der Waals surface area contributed by atoms with Crippen LogP contribution in [0.15, 0.2) is 0 Å². The van der Waals surface area contributed by atoms with Crippen molar-refractivity contribution in [3.63, 3.8) is 0 Å². The molecule has 3 heteroatoms. The van der Waals surface area contributed by atoms with Crippen LogP contribution in [0.5, 0.6) is 0 Å². The summed E-state index contributed by atoms with van der Waals surface area (Å²) in [6.07, 6.45) is 3.13. The van der Waals surface area contributed by atoms with Crippen molar-refractivity contribution in [1.29, 1.82) is 5.26 Å². The van der Waals surface area contributed by atoms with Gasteiger partial charge >= 0.3 is 0 Å². The summed E-state index contributed by atoms with van der Waals surface area (Å²) >= 11 is 0. The minimum absolute atomic E-state index is 0.663. The van der Waals surface area contributed by atoms with Gasteiger partial charge in [-0.25, -0.2) is 0 Å². The maximum absolute atomic E-state index is 8.66. The molecular formula is C12H23N3. The lowest BCUT2D eigenvalue weighted by Gasteiger charge is -2.35. The van der Waals surface area contributed by atoms with Crippen LogP contribution >= 0.6 is 0 Å². The Bertz CT molecular complexity index is 201. The van der Waals surface area contributed by atoms with E-state index in [1.54, 1.807) is 0 Å². The lowest BCUT2D eigenvalue weighted by molar-refractivity contribution is 0.148. The molecule has 0 unspecified atom stereocenters. The molecule has 1 heterocycles. The smallest absolute Gasteiger partial charge is 0.0635 e. The highest BCUT2D eigenvalue weighted by Crippen LogP contribution is 2.14. The maximum atomic E-state index is 8.66. The first-order valence-corrected chi connectivity index (χ1v) is 6.05. The fourth-order valence-corrected chi connectivity index (χ4v) is 2.26. The molecule has 0 bridgehead atoms. The minimum Gasteiger partial charge on any atom is -0.317 e. The first kappa shape index (κ1) is 12.5. The van der Waals surface area contributed by atoms with E-state index >= 15 is 0 Å². The molecule has 1 fully saturated rings. The summed E-state index contributed by atoms with van der Waals surface area (Å²) in [7, 11) is 0. The van der Waals surface area contributed by atoms with E-state index in [9.17, 15) is 0 Å². The molecule has 1 N–H and O–H groups in total. The van der Waals surface area contributed by atoms with Gasteiger partial charge < -0.3 is 5.32 Å². The first-order chi connectivity index (χ1) is 7.24. The van der Waals surface area contributed by atoms with Crippen LogP contribution in [0.1, 0.15) is 33.1 Å². The molecule has 0 spiro atoms. The molecule has 1 aliphatic rings. The molecule has 0 saturated carbocycles. The Morgan fingerprint density at radius 2 is 2.07 bits per heavy atom. The molecule has 86 valence electrons. The predicted octanol–water partition coefficient (Wildman–Crippen LogP) is 1.61. The zero-order valence-electron chi connectivity index (χ0n) is 10.00. The van der Waals surface area contributed by atoms with E-state index in [4.69, 9.17) is 5.26 Å². The van der Waals surface area contributed by atoms with Gasteiger partial charge in [0, 0.05) is 25.6 Å². The zero-order chi connectivity index (χ0) is 11.1. The van der Waals surface area contributed by atoms with Crippen molar-refractivity contribution in [3.8, 4) is 6.07 Å². The van der Waals surface area contributed by atoms with E-state index in [0.717, 1.165) is 26.2 Å². The Balaban J connectivity index is 2.42. The second kappa shape index (κ2) is 6.81. The SMILES string of the molecule is CC(C)CN(CCC#N)C1CCNCC1. The van der Waals surface area contributed by atoms with Crippen LogP contribution in [0, 0.1) is 17.2 Å². The van der Waals surface area contributed by atoms with E-state index in [1.165, 1.54) is 12.8 Å². The Morgan fingerprint density at radius 3 is 2.60 bits per heavy atom. The van der Waals surface area contributed by atoms with Crippen molar-refractivity contribution in [1.82, 2.24) is 10.2 Å². The average molecular weight is 209 g/mol. The largest absolute Gasteiger partial charge is 0.317 e. The summed E-state index contributed by atoms with van der Waals surface area (Å²) in [6.45, 7) is 8.84. The number of nitriles is 1. The molecule has 1 rings (SSSR count). The van der Waals surface area contributed by atoms with Crippen LogP contribution in [0.3, 0.4) is 0 Å². The molecule has 0 aliphatic carbocycles. The van der Waals surface area contributed by atoms with Crippen molar-refractivity contribution >= 4 is 0 Å². The van der Waals surface area contributed by atoms with Crippen LogP contribution in [-0.4, -0.2) is 37.1 Å². The third-order valence-electron chi connectivity index (χ3n) is 2.94. The van der Waals surface area contributed by atoms with Crippen LogP contribution in [0.4, 0.5) is 0 Å². The van der Waals surface area contributed by atoms with Gasteiger partial charge in [-0.3, -0.25) is 4.90 Å². The number of piperidine rings is 1. The lowest BCUT2D eigenvalue weighted by atomic mass is 10.0. The Labute approximate surface area is 93.5 Å². The molecule has 0 radical (unpaired) electrons. The van der Waals surface area contributed by atoms with E-state index in [-0.39, 0.29) is 0 Å². The van der Waals surface area contributed by atoms with E-state index < -0.39 is 0 Å². The van der Waals surface area contributed by atoms with Crippen molar-refractivity contribution in [2.75, 3.05) is 26.2 Å². The molecule has 0 aromatic heterocycles. The van der Waals surface area contributed by atoms with Crippen LogP contribution in [0.2, 0.25) is 0 Å².